The van der Waals surface area contributed by atoms with Gasteiger partial charge in [-0.15, -0.1) is 0 Å². The smallest absolute Gasteiger partial charge is 0.410 e. The molecule has 0 aliphatic heterocycles. The molecule has 6 nitrogen and oxygen atoms in total. The highest BCUT2D eigenvalue weighted by Crippen LogP contribution is 2.25. The number of carbonyl (C=O) groups is 2. The van der Waals surface area contributed by atoms with Crippen LogP contribution in [-0.4, -0.2) is 48.9 Å². The van der Waals surface area contributed by atoms with Crippen LogP contribution in [0.2, 0.25) is 0 Å². The average Bonchev–Trinajstić information content (AvgIpc) is 2.66. The lowest BCUT2D eigenvalue weighted by molar-refractivity contribution is -0.149. The summed E-state index contributed by atoms with van der Waals surface area (Å²) in [6, 6.07) is 5.07. The summed E-state index contributed by atoms with van der Waals surface area (Å²) in [5.41, 5.74) is 0.212. The third kappa shape index (κ3) is 9.53. The van der Waals surface area contributed by atoms with Gasteiger partial charge in [0.15, 0.2) is 0 Å². The lowest BCUT2D eigenvalue weighted by Gasteiger charge is -2.30. The summed E-state index contributed by atoms with van der Waals surface area (Å²) >= 11 is 2.23. The summed E-state index contributed by atoms with van der Waals surface area (Å²) in [6.45, 7) is 10.5. The fraction of sp³-hybridized carbons (Fsp3) is 0.652. The van der Waals surface area contributed by atoms with Gasteiger partial charge >= 0.3 is 12.1 Å². The Kier molecular flexibility index (Phi) is 11.5. The van der Waals surface area contributed by atoms with Gasteiger partial charge in [0.1, 0.15) is 17.4 Å². The van der Waals surface area contributed by atoms with Gasteiger partial charge in [0, 0.05) is 17.0 Å². The summed E-state index contributed by atoms with van der Waals surface area (Å²) in [4.78, 5) is 26.9. The number of hydrogen-bond donors (Lipinski definition) is 0. The number of halogens is 1. The van der Waals surface area contributed by atoms with E-state index in [9.17, 15) is 9.59 Å². The van der Waals surface area contributed by atoms with Gasteiger partial charge < -0.3 is 14.2 Å². The van der Waals surface area contributed by atoms with Crippen LogP contribution in [0.4, 0.5) is 4.79 Å². The predicted molar refractivity (Wildman–Crippen MR) is 127 cm³/mol. The van der Waals surface area contributed by atoms with Crippen LogP contribution in [0.5, 0.6) is 5.75 Å². The van der Waals surface area contributed by atoms with Crippen LogP contribution in [0.1, 0.15) is 65.9 Å². The number of hydrogen-bond acceptors (Lipinski definition) is 5. The third-order valence-corrected chi connectivity index (χ3v) is 5.03. The highest BCUT2D eigenvalue weighted by Gasteiger charge is 2.32. The van der Waals surface area contributed by atoms with E-state index in [4.69, 9.17) is 14.2 Å². The van der Waals surface area contributed by atoms with Gasteiger partial charge in [-0.25, -0.2) is 9.59 Å². The number of ether oxygens (including phenoxy) is 3. The lowest BCUT2D eigenvalue weighted by atomic mass is 10.0. The quantitative estimate of drug-likeness (QED) is 0.211. The molecule has 1 aromatic rings. The Balaban J connectivity index is 3.11. The van der Waals surface area contributed by atoms with Crippen LogP contribution in [-0.2, 0) is 20.7 Å². The first kappa shape index (κ1) is 26.5. The molecule has 0 bridgehead atoms. The van der Waals surface area contributed by atoms with E-state index in [-0.39, 0.29) is 0 Å². The Morgan fingerprint density at radius 3 is 2.33 bits per heavy atom. The number of rotatable bonds is 11. The van der Waals surface area contributed by atoms with Gasteiger partial charge in [0.25, 0.3) is 0 Å². The zero-order chi connectivity index (χ0) is 22.7. The number of amides is 1. The second kappa shape index (κ2) is 13.0. The largest absolute Gasteiger partial charge is 0.493 e. The summed E-state index contributed by atoms with van der Waals surface area (Å²) in [6.07, 6.45) is 3.42. The first-order valence-electron chi connectivity index (χ1n) is 10.6. The molecule has 1 amide bonds. The Labute approximate surface area is 194 Å². The second-order valence-corrected chi connectivity index (χ2v) is 9.53. The van der Waals surface area contributed by atoms with E-state index < -0.39 is 23.7 Å². The van der Waals surface area contributed by atoms with Crippen LogP contribution in [0.15, 0.2) is 18.2 Å². The predicted octanol–water partition coefficient (Wildman–Crippen LogP) is 5.59. The lowest BCUT2D eigenvalue weighted by Crippen LogP contribution is -2.46. The molecule has 7 heteroatoms. The van der Waals surface area contributed by atoms with Crippen molar-refractivity contribution in [2.75, 3.05) is 20.3 Å². The van der Waals surface area contributed by atoms with E-state index in [1.165, 1.54) is 4.90 Å². The monoisotopic (exact) mass is 533 g/mol. The van der Waals surface area contributed by atoms with Gasteiger partial charge in [-0.3, -0.25) is 4.90 Å². The normalized spacial score (nSPS) is 12.2. The highest BCUT2D eigenvalue weighted by molar-refractivity contribution is 14.1. The van der Waals surface area contributed by atoms with E-state index in [0.29, 0.717) is 19.6 Å². The molecule has 0 saturated carbocycles. The molecule has 0 aliphatic rings. The van der Waals surface area contributed by atoms with E-state index in [1.807, 2.05) is 25.1 Å². The van der Waals surface area contributed by atoms with Crippen molar-refractivity contribution in [3.8, 4) is 5.75 Å². The van der Waals surface area contributed by atoms with Crippen molar-refractivity contribution in [1.82, 2.24) is 4.90 Å². The maximum atomic E-state index is 12.9. The van der Waals surface area contributed by atoms with Gasteiger partial charge in [0.05, 0.1) is 13.2 Å². The highest BCUT2D eigenvalue weighted by atomic mass is 127. The molecular weight excluding hydrogens is 497 g/mol. The summed E-state index contributed by atoms with van der Waals surface area (Å²) < 4.78 is 17.9. The molecule has 1 rings (SSSR count). The molecule has 30 heavy (non-hydrogen) atoms. The van der Waals surface area contributed by atoms with E-state index in [2.05, 4.69) is 29.5 Å². The molecule has 0 unspecified atom stereocenters. The molecule has 0 spiro atoms. The molecule has 0 saturated heterocycles. The first-order chi connectivity index (χ1) is 14.1. The average molecular weight is 533 g/mol. The molecule has 1 atom stereocenters. The van der Waals surface area contributed by atoms with Crippen molar-refractivity contribution in [2.45, 2.75) is 78.4 Å². The minimum absolute atomic E-state index is 0.291. The van der Waals surface area contributed by atoms with Crippen LogP contribution in [0.25, 0.3) is 0 Å². The number of nitrogens with zero attached hydrogens (tertiary/aromatic N) is 1. The summed E-state index contributed by atoms with van der Waals surface area (Å²) in [5.74, 6) is 0.294. The van der Waals surface area contributed by atoms with E-state index in [0.717, 1.165) is 40.6 Å². The molecule has 1 aromatic carbocycles. The van der Waals surface area contributed by atoms with Crippen molar-refractivity contribution >= 4 is 34.7 Å². The SMILES string of the molecule is CCCCOC(=O)[C@H](Cc1cc(I)ccc1OCCCC)N(C)C(=O)OC(C)(C)C. The minimum atomic E-state index is -0.802. The first-order valence-corrected chi connectivity index (χ1v) is 11.7. The Morgan fingerprint density at radius 1 is 1.10 bits per heavy atom. The van der Waals surface area contributed by atoms with Crippen LogP contribution in [0, 0.1) is 3.57 Å². The molecule has 0 heterocycles. The number of unbranched alkanes of at least 4 members (excludes halogenated alkanes) is 2. The van der Waals surface area contributed by atoms with Crippen molar-refractivity contribution in [1.29, 1.82) is 0 Å². The van der Waals surface area contributed by atoms with Gasteiger partial charge in [-0.05, 0) is 80.0 Å². The number of esters is 1. The maximum Gasteiger partial charge on any atom is 0.410 e. The van der Waals surface area contributed by atoms with Crippen LogP contribution in [0.3, 0.4) is 0 Å². The van der Waals surface area contributed by atoms with E-state index in [1.54, 1.807) is 27.8 Å². The Hall–Kier alpha value is -1.51. The standard InChI is InChI=1S/C23H36INO5/c1-7-9-13-28-20-12-11-18(24)15-17(20)16-19(21(26)29-14-10-8-2)25(6)22(27)30-23(3,4)5/h11-12,15,19H,7-10,13-14,16H2,1-6H3/t19-/m0/s1. The van der Waals surface area contributed by atoms with Crippen LogP contribution >= 0.6 is 22.6 Å². The zero-order valence-electron chi connectivity index (χ0n) is 19.1. The van der Waals surface area contributed by atoms with Crippen LogP contribution < -0.4 is 4.74 Å². The number of likely N-dealkylation sites (N-methyl/N-ethyl adjacent to an activating group) is 1. The Bertz CT molecular complexity index is 687. The fourth-order valence-electron chi connectivity index (χ4n) is 2.64. The fourth-order valence-corrected chi connectivity index (χ4v) is 3.19. The molecule has 0 aromatic heterocycles. The maximum absolute atomic E-state index is 12.9. The van der Waals surface area contributed by atoms with Gasteiger partial charge in [0.2, 0.25) is 0 Å². The Morgan fingerprint density at radius 2 is 1.73 bits per heavy atom. The van der Waals surface area contributed by atoms with Gasteiger partial charge in [-0.2, -0.15) is 0 Å². The van der Waals surface area contributed by atoms with Gasteiger partial charge in [-0.1, -0.05) is 26.7 Å². The van der Waals surface area contributed by atoms with Crippen molar-refractivity contribution in [2.24, 2.45) is 0 Å². The summed E-state index contributed by atoms with van der Waals surface area (Å²) in [7, 11) is 1.57. The van der Waals surface area contributed by atoms with Crippen molar-refractivity contribution in [3.05, 3.63) is 27.3 Å². The molecule has 0 aliphatic carbocycles. The summed E-state index contributed by atoms with van der Waals surface area (Å²) in [5, 5.41) is 0. The second-order valence-electron chi connectivity index (χ2n) is 8.29. The molecular formula is C23H36INO5. The molecule has 170 valence electrons. The minimum Gasteiger partial charge on any atom is -0.493 e. The van der Waals surface area contributed by atoms with E-state index >= 15 is 0 Å². The zero-order valence-corrected chi connectivity index (χ0v) is 21.3. The number of carbonyl (C=O) groups excluding carboxylic acids is 2. The van der Waals surface area contributed by atoms with Crippen molar-refractivity contribution in [3.63, 3.8) is 0 Å². The molecule has 0 radical (unpaired) electrons. The van der Waals surface area contributed by atoms with Crippen molar-refractivity contribution < 1.29 is 23.8 Å². The molecule has 0 fully saturated rings. The third-order valence-electron chi connectivity index (χ3n) is 4.35. The number of benzene rings is 1. The molecule has 0 N–H and O–H groups in total. The topological polar surface area (TPSA) is 65.1 Å².